The summed E-state index contributed by atoms with van der Waals surface area (Å²) in [6.45, 7) is 9.26. The molecule has 2 bridgehead atoms. The summed E-state index contributed by atoms with van der Waals surface area (Å²) in [6.07, 6.45) is 5.65. The van der Waals surface area contributed by atoms with Crippen molar-refractivity contribution in [1.29, 1.82) is 0 Å². The van der Waals surface area contributed by atoms with Crippen LogP contribution in [0.15, 0.2) is 12.2 Å². The number of ether oxygens (including phenoxy) is 1. The van der Waals surface area contributed by atoms with Crippen LogP contribution in [0.2, 0.25) is 0 Å². The Labute approximate surface area is 109 Å². The van der Waals surface area contributed by atoms with Gasteiger partial charge in [-0.15, -0.1) is 0 Å². The first-order chi connectivity index (χ1) is 8.54. The fourth-order valence-corrected chi connectivity index (χ4v) is 4.46. The van der Waals surface area contributed by atoms with Gasteiger partial charge in [-0.3, -0.25) is 9.69 Å². The molecule has 4 atom stereocenters. The Bertz CT molecular complexity index is 392. The fourth-order valence-electron chi connectivity index (χ4n) is 4.46. The van der Waals surface area contributed by atoms with Crippen molar-refractivity contribution in [1.82, 2.24) is 4.90 Å². The molecule has 4 unspecified atom stereocenters. The highest BCUT2D eigenvalue weighted by molar-refractivity contribution is 5.67. The summed E-state index contributed by atoms with van der Waals surface area (Å²) < 4.78 is 5.82. The van der Waals surface area contributed by atoms with E-state index in [0.29, 0.717) is 18.0 Å². The van der Waals surface area contributed by atoms with Crippen LogP contribution >= 0.6 is 0 Å². The molecule has 0 aromatic carbocycles. The number of nitrogens with zero attached hydrogens (tertiary/aromatic N) is 1. The summed E-state index contributed by atoms with van der Waals surface area (Å²) in [5, 5.41) is 0. The molecule has 1 saturated carbocycles. The lowest BCUT2D eigenvalue weighted by atomic mass is 9.73. The molecule has 3 heteroatoms. The predicted octanol–water partition coefficient (Wildman–Crippen LogP) is 2.51. The molecular weight excluding hydrogens is 226 g/mol. The number of carbonyl (C=O) groups is 1. The topological polar surface area (TPSA) is 29.5 Å². The smallest absolute Gasteiger partial charge is 0.303 e. The van der Waals surface area contributed by atoms with E-state index in [1.807, 2.05) is 0 Å². The SMILES string of the molecule is C=C1CC(C)C2CC1(OC(C)=O)C1CCCCN21. The first-order valence-electron chi connectivity index (χ1n) is 7.18. The van der Waals surface area contributed by atoms with Crippen molar-refractivity contribution in [2.24, 2.45) is 5.92 Å². The molecule has 0 aromatic heterocycles. The van der Waals surface area contributed by atoms with Crippen LogP contribution < -0.4 is 0 Å². The number of fused-ring (bicyclic) bond motifs is 5. The average Bonchev–Trinajstić information content (AvgIpc) is 2.61. The van der Waals surface area contributed by atoms with E-state index in [0.717, 1.165) is 31.4 Å². The number of rotatable bonds is 1. The third-order valence-corrected chi connectivity index (χ3v) is 5.17. The van der Waals surface area contributed by atoms with Crippen molar-refractivity contribution < 1.29 is 9.53 Å². The quantitative estimate of drug-likeness (QED) is 0.528. The molecule has 2 aliphatic heterocycles. The van der Waals surface area contributed by atoms with E-state index in [1.165, 1.54) is 19.8 Å². The average molecular weight is 249 g/mol. The van der Waals surface area contributed by atoms with E-state index >= 15 is 0 Å². The van der Waals surface area contributed by atoms with Gasteiger partial charge in [0, 0.05) is 19.4 Å². The fraction of sp³-hybridized carbons (Fsp3) is 0.800. The van der Waals surface area contributed by atoms with Gasteiger partial charge in [-0.2, -0.15) is 0 Å². The van der Waals surface area contributed by atoms with Gasteiger partial charge in [0.2, 0.25) is 0 Å². The number of piperidine rings is 1. The summed E-state index contributed by atoms with van der Waals surface area (Å²) in [6, 6.07) is 0.970. The molecule has 3 fully saturated rings. The van der Waals surface area contributed by atoms with E-state index in [2.05, 4.69) is 18.4 Å². The lowest BCUT2D eigenvalue weighted by Crippen LogP contribution is -2.50. The lowest BCUT2D eigenvalue weighted by Gasteiger charge is -2.40. The van der Waals surface area contributed by atoms with E-state index in [4.69, 9.17) is 4.74 Å². The summed E-state index contributed by atoms with van der Waals surface area (Å²) in [5.74, 6) is 0.487. The third-order valence-electron chi connectivity index (χ3n) is 5.17. The van der Waals surface area contributed by atoms with Crippen molar-refractivity contribution in [3.05, 3.63) is 12.2 Å². The maximum Gasteiger partial charge on any atom is 0.303 e. The predicted molar refractivity (Wildman–Crippen MR) is 70.2 cm³/mol. The van der Waals surface area contributed by atoms with Gasteiger partial charge < -0.3 is 4.74 Å². The molecule has 2 heterocycles. The molecular formula is C15H23NO2. The second kappa shape index (κ2) is 4.09. The highest BCUT2D eigenvalue weighted by Crippen LogP contribution is 2.52. The van der Waals surface area contributed by atoms with E-state index in [1.54, 1.807) is 0 Å². The minimum atomic E-state index is -0.372. The Morgan fingerprint density at radius 2 is 2.28 bits per heavy atom. The highest BCUT2D eigenvalue weighted by atomic mass is 16.6. The van der Waals surface area contributed by atoms with Crippen LogP contribution in [-0.4, -0.2) is 35.1 Å². The highest BCUT2D eigenvalue weighted by Gasteiger charge is 2.60. The largest absolute Gasteiger partial charge is 0.453 e. The second-order valence-corrected chi connectivity index (χ2v) is 6.29. The Hall–Kier alpha value is -0.830. The van der Waals surface area contributed by atoms with Gasteiger partial charge in [0.05, 0.1) is 6.04 Å². The summed E-state index contributed by atoms with van der Waals surface area (Å²) in [4.78, 5) is 14.1. The van der Waals surface area contributed by atoms with Crippen LogP contribution in [0.25, 0.3) is 0 Å². The Morgan fingerprint density at radius 1 is 1.50 bits per heavy atom. The van der Waals surface area contributed by atoms with Gasteiger partial charge in [-0.25, -0.2) is 0 Å². The lowest BCUT2D eigenvalue weighted by molar-refractivity contribution is -0.156. The van der Waals surface area contributed by atoms with E-state index in [-0.39, 0.29) is 11.6 Å². The van der Waals surface area contributed by atoms with Crippen LogP contribution in [-0.2, 0) is 9.53 Å². The standard InChI is InChI=1S/C15H23NO2/c1-10-8-11(2)15(18-12(3)17)9-13(10)16-7-5-4-6-14(15)16/h10,13-14H,2,4-9H2,1,3H3. The van der Waals surface area contributed by atoms with Gasteiger partial charge in [-0.05, 0) is 37.3 Å². The normalized spacial score (nSPS) is 43.7. The van der Waals surface area contributed by atoms with Gasteiger partial charge in [0.25, 0.3) is 0 Å². The molecule has 0 spiro atoms. The van der Waals surface area contributed by atoms with Crippen LogP contribution in [0, 0.1) is 5.92 Å². The van der Waals surface area contributed by atoms with Crippen molar-refractivity contribution in [2.75, 3.05) is 6.54 Å². The van der Waals surface area contributed by atoms with Crippen molar-refractivity contribution >= 4 is 5.97 Å². The van der Waals surface area contributed by atoms with Crippen LogP contribution in [0.3, 0.4) is 0 Å². The minimum Gasteiger partial charge on any atom is -0.453 e. The molecule has 18 heavy (non-hydrogen) atoms. The molecule has 100 valence electrons. The number of carbonyl (C=O) groups excluding carboxylic acids is 1. The third kappa shape index (κ3) is 1.56. The summed E-state index contributed by atoms with van der Waals surface area (Å²) in [7, 11) is 0. The van der Waals surface area contributed by atoms with Crippen molar-refractivity contribution in [3.63, 3.8) is 0 Å². The Kier molecular flexibility index (Phi) is 2.77. The van der Waals surface area contributed by atoms with Gasteiger partial charge in [-0.1, -0.05) is 19.9 Å². The summed E-state index contributed by atoms with van der Waals surface area (Å²) >= 11 is 0. The van der Waals surface area contributed by atoms with Gasteiger partial charge >= 0.3 is 5.97 Å². The van der Waals surface area contributed by atoms with Gasteiger partial charge in [0.15, 0.2) is 0 Å². The maximum atomic E-state index is 11.5. The summed E-state index contributed by atoms with van der Waals surface area (Å²) in [5.41, 5.74) is 0.777. The molecule has 0 aromatic rings. The van der Waals surface area contributed by atoms with Gasteiger partial charge in [0.1, 0.15) is 5.60 Å². The Morgan fingerprint density at radius 3 is 3.00 bits per heavy atom. The zero-order valence-electron chi connectivity index (χ0n) is 11.4. The first-order valence-corrected chi connectivity index (χ1v) is 7.18. The molecule has 0 amide bonds. The number of esters is 1. The van der Waals surface area contributed by atoms with Crippen LogP contribution in [0.1, 0.15) is 46.0 Å². The number of hydrogen-bond donors (Lipinski definition) is 0. The molecule has 0 radical (unpaired) electrons. The van der Waals surface area contributed by atoms with Crippen molar-refractivity contribution in [2.45, 2.75) is 63.6 Å². The number of hydrogen-bond acceptors (Lipinski definition) is 3. The van der Waals surface area contributed by atoms with Crippen LogP contribution in [0.4, 0.5) is 0 Å². The zero-order valence-corrected chi connectivity index (χ0v) is 11.4. The second-order valence-electron chi connectivity index (χ2n) is 6.29. The molecule has 2 saturated heterocycles. The van der Waals surface area contributed by atoms with Crippen LogP contribution in [0.5, 0.6) is 0 Å². The monoisotopic (exact) mass is 249 g/mol. The molecule has 1 aliphatic carbocycles. The maximum absolute atomic E-state index is 11.5. The van der Waals surface area contributed by atoms with E-state index < -0.39 is 0 Å². The van der Waals surface area contributed by atoms with E-state index in [9.17, 15) is 4.79 Å². The minimum absolute atomic E-state index is 0.156. The first kappa shape index (κ1) is 12.2. The Balaban J connectivity index is 1.99. The molecule has 3 rings (SSSR count). The molecule has 3 aliphatic rings. The zero-order chi connectivity index (χ0) is 12.9. The van der Waals surface area contributed by atoms with Crippen molar-refractivity contribution in [3.8, 4) is 0 Å². The molecule has 3 nitrogen and oxygen atoms in total. The molecule has 0 N–H and O–H groups in total.